The van der Waals surface area contributed by atoms with Gasteiger partial charge in [0.05, 0.1) is 12.1 Å². The molecule has 2 heterocycles. The zero-order valence-corrected chi connectivity index (χ0v) is 30.5. The van der Waals surface area contributed by atoms with E-state index in [2.05, 4.69) is 65.2 Å². The number of allylic oxidation sites excluding steroid dienone is 2. The van der Waals surface area contributed by atoms with Crippen molar-refractivity contribution in [2.45, 2.75) is 150 Å². The molecule has 0 aromatic carbocycles. The van der Waals surface area contributed by atoms with E-state index in [-0.39, 0.29) is 68.9 Å². The maximum absolute atomic E-state index is 14.6. The minimum Gasteiger partial charge on any atom is -0.393 e. The molecule has 0 aromatic rings. The van der Waals surface area contributed by atoms with E-state index in [0.29, 0.717) is 24.8 Å². The summed E-state index contributed by atoms with van der Waals surface area (Å²) in [6, 6.07) is 0.0748. The molecular weight excluding hydrogens is 586 g/mol. The first kappa shape index (κ1) is 33.8. The fourth-order valence-electron chi connectivity index (χ4n) is 13.1. The zero-order chi connectivity index (χ0) is 33.8. The number of rotatable bonds is 3. The summed E-state index contributed by atoms with van der Waals surface area (Å²) in [7, 11) is 0. The maximum Gasteiger partial charge on any atom is 0.239 e. The highest BCUT2D eigenvalue weighted by Crippen LogP contribution is 2.75. The van der Waals surface area contributed by atoms with Crippen molar-refractivity contribution in [1.29, 1.82) is 0 Å². The van der Waals surface area contributed by atoms with Crippen LogP contribution in [0.25, 0.3) is 0 Å². The monoisotopic (exact) mass is 649 g/mol. The molecule has 0 spiro atoms. The summed E-state index contributed by atoms with van der Waals surface area (Å²) < 4.78 is 0. The van der Waals surface area contributed by atoms with Crippen molar-refractivity contribution < 1.29 is 19.5 Å². The van der Waals surface area contributed by atoms with Crippen molar-refractivity contribution in [2.24, 2.45) is 50.2 Å². The maximum atomic E-state index is 14.6. The Morgan fingerprint density at radius 3 is 2.28 bits per heavy atom. The molecule has 2 saturated heterocycles. The molecule has 262 valence electrons. The minimum absolute atomic E-state index is 0.0286. The van der Waals surface area contributed by atoms with Crippen LogP contribution in [-0.4, -0.2) is 65.4 Å². The molecule has 7 aliphatic rings. The number of nitrogens with one attached hydrogen (secondary N) is 2. The van der Waals surface area contributed by atoms with E-state index >= 15 is 0 Å². The summed E-state index contributed by atoms with van der Waals surface area (Å²) in [6.45, 7) is 18.7. The molecule has 2 amide bonds. The Labute approximate surface area is 283 Å². The first-order valence-corrected chi connectivity index (χ1v) is 19.3. The Hall–Kier alpha value is -1.73. The Kier molecular flexibility index (Phi) is 8.00. The molecular formula is C40H63N3O4. The van der Waals surface area contributed by atoms with Crippen LogP contribution in [0, 0.1) is 50.2 Å². The summed E-state index contributed by atoms with van der Waals surface area (Å²) in [5.41, 5.74) is 0.458. The second-order valence-corrected chi connectivity index (χ2v) is 19.4. The molecule has 5 aliphatic carbocycles. The number of fused-ring (bicyclic) bond motifs is 7. The van der Waals surface area contributed by atoms with Crippen molar-refractivity contribution in [3.8, 4) is 0 Å². The van der Waals surface area contributed by atoms with Crippen molar-refractivity contribution in [3.05, 3.63) is 11.6 Å². The second kappa shape index (κ2) is 11.1. The summed E-state index contributed by atoms with van der Waals surface area (Å²) in [5.74, 6) is 1.23. The standard InChI is InChI=1S/C40H63N3O4/c1-35(2)30-10-15-40(7)32(38(30,5)14-11-31(35)45)29(44)23-26-27-24-37(4,17-16-36(27,3)18-19-39(26,40)6)34(47)42-25-12-21-43(22-13-25)33(46)28-9-8-20-41-28/h23,25,27-28,30-32,41,45H,8-22,24H2,1-7H3,(H,42,47)/t27-,28?,30-,31-,32+,36+,37-,38-,39+,40+/m0/s1. The Morgan fingerprint density at radius 1 is 0.894 bits per heavy atom. The van der Waals surface area contributed by atoms with Crippen LogP contribution in [0.5, 0.6) is 0 Å². The van der Waals surface area contributed by atoms with Crippen LogP contribution in [0.15, 0.2) is 11.6 Å². The van der Waals surface area contributed by atoms with Gasteiger partial charge < -0.3 is 20.6 Å². The van der Waals surface area contributed by atoms with Crippen molar-refractivity contribution >= 4 is 17.6 Å². The highest BCUT2D eigenvalue weighted by atomic mass is 16.3. The zero-order valence-electron chi connectivity index (χ0n) is 30.5. The van der Waals surface area contributed by atoms with Gasteiger partial charge in [-0.25, -0.2) is 0 Å². The third-order valence-corrected chi connectivity index (χ3v) is 16.6. The van der Waals surface area contributed by atoms with Gasteiger partial charge in [0.25, 0.3) is 0 Å². The number of carbonyl (C=O) groups excluding carboxylic acids is 3. The number of nitrogens with zero attached hydrogens (tertiary/aromatic N) is 1. The van der Waals surface area contributed by atoms with Crippen LogP contribution < -0.4 is 10.6 Å². The Morgan fingerprint density at radius 2 is 1.60 bits per heavy atom. The highest BCUT2D eigenvalue weighted by Gasteiger charge is 2.70. The van der Waals surface area contributed by atoms with Crippen LogP contribution in [-0.2, 0) is 14.4 Å². The number of piperidine rings is 1. The predicted molar refractivity (Wildman–Crippen MR) is 184 cm³/mol. The molecule has 47 heavy (non-hydrogen) atoms. The highest BCUT2D eigenvalue weighted by molar-refractivity contribution is 5.96. The second-order valence-electron chi connectivity index (χ2n) is 19.4. The van der Waals surface area contributed by atoms with E-state index in [1.807, 2.05) is 4.90 Å². The summed E-state index contributed by atoms with van der Waals surface area (Å²) in [6.07, 6.45) is 14.1. The lowest BCUT2D eigenvalue weighted by molar-refractivity contribution is -0.202. The molecule has 2 aliphatic heterocycles. The average Bonchev–Trinajstić information content (AvgIpc) is 3.56. The van der Waals surface area contributed by atoms with Crippen molar-refractivity contribution in [3.63, 3.8) is 0 Å². The summed E-state index contributed by atoms with van der Waals surface area (Å²) in [5, 5.41) is 17.8. The molecule has 7 nitrogen and oxygen atoms in total. The Balaban J connectivity index is 1.11. The molecule has 0 aromatic heterocycles. The number of aliphatic hydroxyl groups is 1. The van der Waals surface area contributed by atoms with E-state index in [0.717, 1.165) is 90.0 Å². The van der Waals surface area contributed by atoms with Crippen LogP contribution in [0.2, 0.25) is 0 Å². The minimum atomic E-state index is -0.474. The van der Waals surface area contributed by atoms with Crippen molar-refractivity contribution in [2.75, 3.05) is 19.6 Å². The van der Waals surface area contributed by atoms with Crippen LogP contribution in [0.4, 0.5) is 0 Å². The molecule has 3 N–H and O–H groups in total. The molecule has 0 radical (unpaired) electrons. The van der Waals surface area contributed by atoms with Gasteiger partial charge in [0.1, 0.15) is 0 Å². The normalized spacial score (nSPS) is 48.0. The van der Waals surface area contributed by atoms with Gasteiger partial charge in [-0.3, -0.25) is 14.4 Å². The van der Waals surface area contributed by atoms with E-state index in [4.69, 9.17) is 0 Å². The lowest BCUT2D eigenvalue weighted by Crippen LogP contribution is -2.66. The molecule has 10 atom stereocenters. The number of ketones is 1. The summed E-state index contributed by atoms with van der Waals surface area (Å²) in [4.78, 5) is 43.7. The lowest BCUT2D eigenvalue weighted by atomic mass is 9.33. The number of likely N-dealkylation sites (tertiary alicyclic amines) is 1. The van der Waals surface area contributed by atoms with E-state index in [9.17, 15) is 19.5 Å². The van der Waals surface area contributed by atoms with E-state index in [1.54, 1.807) is 0 Å². The third kappa shape index (κ3) is 4.88. The van der Waals surface area contributed by atoms with Gasteiger partial charge in [-0.05, 0) is 135 Å². The number of hydrogen-bond acceptors (Lipinski definition) is 5. The quantitative estimate of drug-likeness (QED) is 0.339. The van der Waals surface area contributed by atoms with Gasteiger partial charge in [0, 0.05) is 30.5 Å². The van der Waals surface area contributed by atoms with Crippen molar-refractivity contribution in [1.82, 2.24) is 15.5 Å². The van der Waals surface area contributed by atoms with Crippen LogP contribution in [0.3, 0.4) is 0 Å². The largest absolute Gasteiger partial charge is 0.393 e. The number of hydrogen-bond donors (Lipinski definition) is 3. The lowest BCUT2D eigenvalue weighted by Gasteiger charge is -2.70. The van der Waals surface area contributed by atoms with Gasteiger partial charge in [-0.1, -0.05) is 54.0 Å². The number of carbonyl (C=O) groups is 3. The molecule has 1 unspecified atom stereocenters. The molecule has 7 rings (SSSR count). The SMILES string of the molecule is CC1(C)[C@@H](O)CC[C@]2(C)[C@H]3C(=O)C=C4[C@@H]5C[C@@](C)(C(=O)NC6CCN(C(=O)C7CCCN7)CC6)CC[C@]5(C)CC[C@@]4(C)[C@]3(C)CC[C@@H]12. The van der Waals surface area contributed by atoms with Gasteiger partial charge in [0.15, 0.2) is 5.78 Å². The smallest absolute Gasteiger partial charge is 0.239 e. The first-order valence-electron chi connectivity index (χ1n) is 19.3. The van der Waals surface area contributed by atoms with Crippen LogP contribution in [0.1, 0.15) is 132 Å². The fraction of sp³-hybridized carbons (Fsp3) is 0.875. The third-order valence-electron chi connectivity index (χ3n) is 16.6. The molecule has 0 bridgehead atoms. The van der Waals surface area contributed by atoms with E-state index < -0.39 is 5.41 Å². The van der Waals surface area contributed by atoms with Gasteiger partial charge in [-0.2, -0.15) is 0 Å². The van der Waals surface area contributed by atoms with Crippen LogP contribution >= 0.6 is 0 Å². The van der Waals surface area contributed by atoms with Gasteiger partial charge in [0.2, 0.25) is 11.8 Å². The fourth-order valence-corrected chi connectivity index (χ4v) is 13.1. The first-order chi connectivity index (χ1) is 22.0. The van der Waals surface area contributed by atoms with Gasteiger partial charge in [-0.15, -0.1) is 0 Å². The number of aliphatic hydroxyl groups excluding tert-OH is 1. The average molecular weight is 650 g/mol. The molecule has 4 saturated carbocycles. The van der Waals surface area contributed by atoms with Gasteiger partial charge >= 0.3 is 0 Å². The predicted octanol–water partition coefficient (Wildman–Crippen LogP) is 6.19. The Bertz CT molecular complexity index is 1340. The molecule has 6 fully saturated rings. The number of amides is 2. The summed E-state index contributed by atoms with van der Waals surface area (Å²) >= 11 is 0. The molecule has 7 heteroatoms. The van der Waals surface area contributed by atoms with E-state index in [1.165, 1.54) is 5.57 Å². The topological polar surface area (TPSA) is 98.7 Å².